The molecule has 0 saturated heterocycles. The molecule has 0 N–H and O–H groups in total. The minimum absolute atomic E-state index is 0. The Labute approximate surface area is 264 Å². The fourth-order valence-electron chi connectivity index (χ4n) is 3.21. The summed E-state index contributed by atoms with van der Waals surface area (Å²) >= 11 is 0. The van der Waals surface area contributed by atoms with Crippen molar-refractivity contribution in [2.24, 2.45) is 0 Å². The third kappa shape index (κ3) is 16.4. The quantitative estimate of drug-likeness (QED) is 0.133. The van der Waals surface area contributed by atoms with Gasteiger partial charge in [-0.3, -0.25) is 15.0 Å². The molecule has 0 saturated carbocycles. The van der Waals surface area contributed by atoms with Crippen molar-refractivity contribution in [3.05, 3.63) is 116 Å². The standard InChI is InChI=1S/C15H11N3.C13H14N2.C2H3N.F6P.Os/c1-3-10-16-12(6-1)14-8-5-9-15(18-14)13-7-2-4-11-17-13;1-15(2)12-8-6-11(7-9-12)13-5-3-4-10-14-13;1-2-3;1-7(2,3,4,5)6;/h1-11H;3-10H,1-2H3;1H3;;/q;;;-1;. The third-order valence-corrected chi connectivity index (χ3v) is 4.95. The van der Waals surface area contributed by atoms with Crippen LogP contribution in [0.5, 0.6) is 0 Å². The molecule has 5 rings (SSSR count). The van der Waals surface area contributed by atoms with Gasteiger partial charge in [0, 0.05) is 70.7 Å². The van der Waals surface area contributed by atoms with Crippen molar-refractivity contribution >= 4 is 13.5 Å². The van der Waals surface area contributed by atoms with Crippen LogP contribution < -0.4 is 4.90 Å². The van der Waals surface area contributed by atoms with Gasteiger partial charge < -0.3 is 4.90 Å². The zero-order valence-corrected chi connectivity index (χ0v) is 27.2. The van der Waals surface area contributed by atoms with Crippen LogP contribution in [-0.2, 0) is 19.8 Å². The third-order valence-electron chi connectivity index (χ3n) is 4.95. The van der Waals surface area contributed by atoms with Gasteiger partial charge in [0.2, 0.25) is 0 Å². The van der Waals surface area contributed by atoms with Gasteiger partial charge in [-0.25, -0.2) is 4.98 Å². The Hall–Kier alpha value is -4.24. The summed E-state index contributed by atoms with van der Waals surface area (Å²) < 4.78 is 59.2. The van der Waals surface area contributed by atoms with Gasteiger partial charge in [0.25, 0.3) is 0 Å². The second kappa shape index (κ2) is 16.0. The first-order valence-electron chi connectivity index (χ1n) is 12.4. The Morgan fingerprint density at radius 3 is 1.23 bits per heavy atom. The molecule has 4 aromatic heterocycles. The molecular formula is C30H28F6N6OsP-. The number of pyridine rings is 4. The number of nitriles is 1. The predicted molar refractivity (Wildman–Crippen MR) is 160 cm³/mol. The van der Waals surface area contributed by atoms with Gasteiger partial charge in [-0.1, -0.05) is 36.4 Å². The first-order chi connectivity index (χ1) is 20.1. The number of nitrogens with zero attached hydrogens (tertiary/aromatic N) is 6. The molecule has 0 atom stereocenters. The van der Waals surface area contributed by atoms with E-state index >= 15 is 0 Å². The molecule has 234 valence electrons. The van der Waals surface area contributed by atoms with Crippen LogP contribution in [0.15, 0.2) is 116 Å². The maximum Gasteiger partial charge on any atom is 0.0894 e. The minimum atomic E-state index is -10.7. The SMILES string of the molecule is CC#N.CN(C)c1ccc(-c2ccccn2)cc1.F[P-](F)(F)(F)(F)F.[Os].c1ccc(-c2cccc(-c3ccccn3)n2)nc1. The first kappa shape index (κ1) is 37.8. The van der Waals surface area contributed by atoms with Gasteiger partial charge in [0.1, 0.15) is 0 Å². The molecule has 0 fully saturated rings. The van der Waals surface area contributed by atoms with Crippen molar-refractivity contribution in [2.45, 2.75) is 6.92 Å². The molecule has 0 aliphatic carbocycles. The van der Waals surface area contributed by atoms with Gasteiger partial charge in [-0.2, -0.15) is 5.26 Å². The van der Waals surface area contributed by atoms with Crippen LogP contribution in [0.3, 0.4) is 0 Å². The average Bonchev–Trinajstić information content (AvgIpc) is 2.98. The van der Waals surface area contributed by atoms with E-state index in [-0.39, 0.29) is 19.8 Å². The number of hydrogen-bond donors (Lipinski definition) is 0. The van der Waals surface area contributed by atoms with Gasteiger partial charge >= 0.3 is 33.0 Å². The van der Waals surface area contributed by atoms with E-state index in [0.29, 0.717) is 0 Å². The van der Waals surface area contributed by atoms with E-state index in [2.05, 4.69) is 49.1 Å². The summed E-state index contributed by atoms with van der Waals surface area (Å²) in [5.41, 5.74) is 6.83. The largest absolute Gasteiger partial charge is 0.255 e. The van der Waals surface area contributed by atoms with Crippen molar-refractivity contribution in [1.29, 1.82) is 5.26 Å². The second-order valence-corrected chi connectivity index (χ2v) is 10.6. The van der Waals surface area contributed by atoms with E-state index in [9.17, 15) is 25.2 Å². The smallest absolute Gasteiger partial charge is 0.0894 e. The van der Waals surface area contributed by atoms with Crippen molar-refractivity contribution in [2.75, 3.05) is 19.0 Å². The molecule has 0 amide bonds. The van der Waals surface area contributed by atoms with Crippen LogP contribution in [0.1, 0.15) is 6.92 Å². The van der Waals surface area contributed by atoms with E-state index < -0.39 is 7.81 Å². The molecule has 4 heterocycles. The summed E-state index contributed by atoms with van der Waals surface area (Å²) in [7, 11) is -6.58. The number of benzene rings is 1. The molecule has 0 radical (unpaired) electrons. The topological polar surface area (TPSA) is 78.6 Å². The fourth-order valence-corrected chi connectivity index (χ4v) is 3.21. The van der Waals surface area contributed by atoms with Crippen LogP contribution in [-0.4, -0.2) is 34.0 Å². The summed E-state index contributed by atoms with van der Waals surface area (Å²) in [5, 5.41) is 7.32. The molecule has 0 unspecified atom stereocenters. The van der Waals surface area contributed by atoms with Crippen LogP contribution in [0.25, 0.3) is 34.0 Å². The molecule has 0 spiro atoms. The Morgan fingerprint density at radius 2 is 0.909 bits per heavy atom. The van der Waals surface area contributed by atoms with Crippen LogP contribution >= 0.6 is 7.81 Å². The van der Waals surface area contributed by atoms with Crippen molar-refractivity contribution < 1.29 is 45.0 Å². The second-order valence-electron chi connectivity index (χ2n) is 8.68. The monoisotopic (exact) mass is 809 g/mol. The van der Waals surface area contributed by atoms with Crippen LogP contribution in [0.4, 0.5) is 30.9 Å². The Balaban J connectivity index is 0.000000337. The Morgan fingerprint density at radius 1 is 0.568 bits per heavy atom. The Bertz CT molecular complexity index is 1520. The van der Waals surface area contributed by atoms with Gasteiger partial charge in [0.15, 0.2) is 0 Å². The van der Waals surface area contributed by atoms with Crippen molar-refractivity contribution in [1.82, 2.24) is 19.9 Å². The zero-order chi connectivity index (χ0) is 32.0. The van der Waals surface area contributed by atoms with Crippen molar-refractivity contribution in [3.8, 4) is 40.1 Å². The molecule has 0 aliphatic rings. The van der Waals surface area contributed by atoms with Gasteiger partial charge in [-0.15, -0.1) is 0 Å². The molecule has 6 nitrogen and oxygen atoms in total. The molecular weight excluding hydrogens is 780 g/mol. The summed E-state index contributed by atoms with van der Waals surface area (Å²) in [6.07, 6.45) is 5.35. The van der Waals surface area contributed by atoms with Gasteiger partial charge in [-0.05, 0) is 60.7 Å². The number of aromatic nitrogens is 4. The molecule has 5 aromatic rings. The summed E-state index contributed by atoms with van der Waals surface area (Å²) in [6.45, 7) is 1.43. The zero-order valence-electron chi connectivity index (χ0n) is 23.7. The summed E-state index contributed by atoms with van der Waals surface area (Å²) in [5.74, 6) is 0. The van der Waals surface area contributed by atoms with Crippen molar-refractivity contribution in [3.63, 3.8) is 0 Å². The minimum Gasteiger partial charge on any atom is -0.255 e. The fraction of sp³-hybridized carbons (Fsp3) is 0.100. The molecule has 44 heavy (non-hydrogen) atoms. The van der Waals surface area contributed by atoms with Crippen LogP contribution in [0.2, 0.25) is 0 Å². The predicted octanol–water partition coefficient (Wildman–Crippen LogP) is 9.93. The number of rotatable bonds is 4. The maximum atomic E-state index is 9.87. The van der Waals surface area contributed by atoms with Crippen LogP contribution in [0, 0.1) is 11.3 Å². The molecule has 0 bridgehead atoms. The molecule has 1 aromatic carbocycles. The van der Waals surface area contributed by atoms with E-state index in [1.54, 1.807) is 18.5 Å². The van der Waals surface area contributed by atoms with E-state index in [4.69, 9.17) is 5.26 Å². The summed E-state index contributed by atoms with van der Waals surface area (Å²) in [4.78, 5) is 19.6. The molecule has 14 heteroatoms. The van der Waals surface area contributed by atoms with E-state index in [0.717, 1.165) is 34.0 Å². The van der Waals surface area contributed by atoms with E-state index in [1.807, 2.05) is 93.1 Å². The Kier molecular flexibility index (Phi) is 13.7. The van der Waals surface area contributed by atoms with E-state index in [1.165, 1.54) is 12.6 Å². The number of hydrogen-bond acceptors (Lipinski definition) is 6. The normalized spacial score (nSPS) is 11.5. The summed E-state index contributed by atoms with van der Waals surface area (Å²) in [6, 6.07) is 33.6. The maximum absolute atomic E-state index is 10.7. The molecule has 0 aliphatic heterocycles. The average molecular weight is 808 g/mol. The number of anilines is 1. The first-order valence-corrected chi connectivity index (χ1v) is 14.5. The van der Waals surface area contributed by atoms with Gasteiger partial charge in [0.05, 0.1) is 34.5 Å². The number of halogens is 6.